The molecule has 7 heteroatoms. The van der Waals surface area contributed by atoms with Crippen molar-refractivity contribution in [3.8, 4) is 0 Å². The number of amides is 2. The molecule has 3 rings (SSSR count). The lowest BCUT2D eigenvalue weighted by molar-refractivity contribution is -0.126. The Morgan fingerprint density at radius 2 is 2.12 bits per heavy atom. The molecule has 2 amide bonds. The van der Waals surface area contributed by atoms with Crippen LogP contribution in [-0.2, 0) is 4.79 Å². The molecule has 1 unspecified atom stereocenters. The van der Waals surface area contributed by atoms with Crippen LogP contribution in [0.1, 0.15) is 62.0 Å². The molecule has 2 N–H and O–H groups in total. The van der Waals surface area contributed by atoms with Crippen molar-refractivity contribution in [2.24, 2.45) is 5.92 Å². The Kier molecular flexibility index (Phi) is 6.66. The van der Waals surface area contributed by atoms with Crippen molar-refractivity contribution < 1.29 is 9.59 Å². The average Bonchev–Trinajstić information content (AvgIpc) is 3.18. The molecule has 7 nitrogen and oxygen atoms in total. The van der Waals surface area contributed by atoms with E-state index in [4.69, 9.17) is 0 Å². The monoisotopic (exact) mass is 361 g/mol. The predicted octanol–water partition coefficient (Wildman–Crippen LogP) is 1.58. The van der Waals surface area contributed by atoms with Crippen LogP contribution < -0.4 is 10.6 Å². The topological polar surface area (TPSA) is 79.3 Å². The number of rotatable bonds is 6. The van der Waals surface area contributed by atoms with E-state index in [1.807, 2.05) is 21.8 Å². The van der Waals surface area contributed by atoms with E-state index in [-0.39, 0.29) is 17.7 Å². The molecular weight excluding hydrogens is 330 g/mol. The van der Waals surface area contributed by atoms with Crippen molar-refractivity contribution in [2.45, 2.75) is 51.5 Å². The summed E-state index contributed by atoms with van der Waals surface area (Å²) in [6, 6.07) is 2.16. The number of nitrogens with zero attached hydrogens (tertiary/aromatic N) is 3. The highest BCUT2D eigenvalue weighted by Gasteiger charge is 2.28. The Bertz CT molecular complexity index is 601. The Hall–Kier alpha value is -1.89. The second-order valence-electron chi connectivity index (χ2n) is 7.39. The van der Waals surface area contributed by atoms with E-state index in [0.29, 0.717) is 24.8 Å². The van der Waals surface area contributed by atoms with Crippen LogP contribution in [0.25, 0.3) is 0 Å². The first-order valence-corrected chi connectivity index (χ1v) is 10.0. The number of likely N-dealkylation sites (tertiary alicyclic amines) is 1. The molecule has 144 valence electrons. The van der Waals surface area contributed by atoms with Gasteiger partial charge < -0.3 is 15.5 Å². The zero-order valence-corrected chi connectivity index (χ0v) is 15.7. The lowest BCUT2D eigenvalue weighted by Gasteiger charge is -2.31. The van der Waals surface area contributed by atoms with E-state index in [0.717, 1.165) is 58.2 Å². The third-order valence-corrected chi connectivity index (χ3v) is 5.45. The molecule has 2 aliphatic rings. The first-order chi connectivity index (χ1) is 12.7. The second kappa shape index (κ2) is 9.16. The summed E-state index contributed by atoms with van der Waals surface area (Å²) in [5.41, 5.74) is 0.515. The number of aromatic nitrogens is 2. The van der Waals surface area contributed by atoms with Gasteiger partial charge in [-0.05, 0) is 44.7 Å². The summed E-state index contributed by atoms with van der Waals surface area (Å²) in [6.07, 6.45) is 7.72. The number of carbonyl (C=O) groups is 2. The molecule has 0 saturated carbocycles. The van der Waals surface area contributed by atoms with E-state index >= 15 is 0 Å². The van der Waals surface area contributed by atoms with Crippen molar-refractivity contribution in [3.05, 3.63) is 18.0 Å². The summed E-state index contributed by atoms with van der Waals surface area (Å²) in [4.78, 5) is 26.7. The molecule has 1 aromatic heterocycles. The third-order valence-electron chi connectivity index (χ3n) is 5.45. The van der Waals surface area contributed by atoms with Gasteiger partial charge in [-0.3, -0.25) is 14.3 Å². The number of unbranched alkanes of at least 4 members (excludes halogenated alkanes) is 1. The zero-order valence-electron chi connectivity index (χ0n) is 15.7. The predicted molar refractivity (Wildman–Crippen MR) is 99.9 cm³/mol. The van der Waals surface area contributed by atoms with Crippen LogP contribution in [0.2, 0.25) is 0 Å². The van der Waals surface area contributed by atoms with Gasteiger partial charge in [-0.25, -0.2) is 0 Å². The largest absolute Gasteiger partial charge is 0.356 e. The number of nitrogens with one attached hydrogen (secondary N) is 2. The average molecular weight is 361 g/mol. The molecule has 2 saturated heterocycles. The zero-order chi connectivity index (χ0) is 18.4. The van der Waals surface area contributed by atoms with Crippen LogP contribution in [-0.4, -0.2) is 59.2 Å². The first-order valence-electron chi connectivity index (χ1n) is 10.0. The van der Waals surface area contributed by atoms with Gasteiger partial charge in [-0.2, -0.15) is 5.10 Å². The number of carbonyl (C=O) groups excluding carboxylic acids is 2. The van der Waals surface area contributed by atoms with Crippen LogP contribution in [0.5, 0.6) is 0 Å². The van der Waals surface area contributed by atoms with Crippen LogP contribution in [0, 0.1) is 5.92 Å². The molecule has 2 aliphatic heterocycles. The molecular formula is C19H31N5O2. The Balaban J connectivity index is 1.49. The fourth-order valence-electron chi connectivity index (χ4n) is 3.75. The third kappa shape index (κ3) is 4.63. The van der Waals surface area contributed by atoms with Crippen molar-refractivity contribution >= 4 is 11.8 Å². The van der Waals surface area contributed by atoms with Gasteiger partial charge in [-0.1, -0.05) is 13.3 Å². The van der Waals surface area contributed by atoms with Gasteiger partial charge >= 0.3 is 0 Å². The highest BCUT2D eigenvalue weighted by molar-refractivity contribution is 5.92. The maximum absolute atomic E-state index is 12.7. The minimum Gasteiger partial charge on any atom is -0.356 e. The van der Waals surface area contributed by atoms with E-state index < -0.39 is 0 Å². The lowest BCUT2D eigenvalue weighted by atomic mass is 9.95. The molecule has 1 atom stereocenters. The maximum Gasteiger partial charge on any atom is 0.274 e. The maximum atomic E-state index is 12.7. The normalized spacial score (nSPS) is 21.6. The van der Waals surface area contributed by atoms with E-state index in [9.17, 15) is 9.59 Å². The van der Waals surface area contributed by atoms with Crippen molar-refractivity contribution in [3.63, 3.8) is 0 Å². The number of piperidine rings is 2. The number of hydrogen-bond donors (Lipinski definition) is 2. The molecule has 2 fully saturated rings. The fraction of sp³-hybridized carbons (Fsp3) is 0.737. The van der Waals surface area contributed by atoms with Crippen LogP contribution in [0.3, 0.4) is 0 Å². The first kappa shape index (κ1) is 18.9. The van der Waals surface area contributed by atoms with Crippen LogP contribution in [0.4, 0.5) is 0 Å². The van der Waals surface area contributed by atoms with Gasteiger partial charge in [0.15, 0.2) is 0 Å². The highest BCUT2D eigenvalue weighted by Crippen LogP contribution is 2.20. The summed E-state index contributed by atoms with van der Waals surface area (Å²) in [5.74, 6) is 0.152. The Morgan fingerprint density at radius 1 is 1.31 bits per heavy atom. The molecule has 26 heavy (non-hydrogen) atoms. The van der Waals surface area contributed by atoms with Crippen molar-refractivity contribution in [2.75, 3.05) is 32.7 Å². The Morgan fingerprint density at radius 3 is 2.81 bits per heavy atom. The molecule has 3 heterocycles. The fourth-order valence-corrected chi connectivity index (χ4v) is 3.75. The molecule has 0 spiro atoms. The SMILES string of the molecule is CCCCNC(=O)C1CCN(C(=O)c2ccn(C3CCCNC3)n2)CC1. The minimum atomic E-state index is -0.0163. The molecule has 0 aliphatic carbocycles. The molecule has 0 aromatic carbocycles. The van der Waals surface area contributed by atoms with Gasteiger partial charge in [-0.15, -0.1) is 0 Å². The summed E-state index contributed by atoms with van der Waals surface area (Å²) in [6.45, 7) is 6.09. The molecule has 0 bridgehead atoms. The van der Waals surface area contributed by atoms with Gasteiger partial charge in [0, 0.05) is 38.3 Å². The van der Waals surface area contributed by atoms with Crippen LogP contribution in [0.15, 0.2) is 12.3 Å². The summed E-state index contributed by atoms with van der Waals surface area (Å²) in [7, 11) is 0. The van der Waals surface area contributed by atoms with Gasteiger partial charge in [0.25, 0.3) is 5.91 Å². The van der Waals surface area contributed by atoms with E-state index in [1.165, 1.54) is 0 Å². The van der Waals surface area contributed by atoms with E-state index in [2.05, 4.69) is 22.7 Å². The van der Waals surface area contributed by atoms with Crippen LogP contribution >= 0.6 is 0 Å². The molecule has 1 aromatic rings. The van der Waals surface area contributed by atoms with Crippen molar-refractivity contribution in [1.29, 1.82) is 0 Å². The quantitative estimate of drug-likeness (QED) is 0.754. The van der Waals surface area contributed by atoms with Crippen molar-refractivity contribution in [1.82, 2.24) is 25.3 Å². The smallest absolute Gasteiger partial charge is 0.274 e. The standard InChI is InChI=1S/C19H31N5O2/c1-2-3-10-21-18(25)15-6-11-23(12-7-15)19(26)17-8-13-24(22-17)16-5-4-9-20-14-16/h8,13,15-16,20H,2-7,9-12,14H2,1H3,(H,21,25). The van der Waals surface area contributed by atoms with Gasteiger partial charge in [0.2, 0.25) is 5.91 Å². The number of hydrogen-bond acceptors (Lipinski definition) is 4. The summed E-state index contributed by atoms with van der Waals surface area (Å²) in [5, 5.41) is 10.9. The Labute approximate surface area is 155 Å². The second-order valence-corrected chi connectivity index (χ2v) is 7.39. The molecule has 0 radical (unpaired) electrons. The van der Waals surface area contributed by atoms with Gasteiger partial charge in [0.05, 0.1) is 6.04 Å². The lowest BCUT2D eigenvalue weighted by Crippen LogP contribution is -2.43. The van der Waals surface area contributed by atoms with E-state index in [1.54, 1.807) is 0 Å². The minimum absolute atomic E-state index is 0.0163. The summed E-state index contributed by atoms with van der Waals surface area (Å²) >= 11 is 0. The van der Waals surface area contributed by atoms with Gasteiger partial charge in [0.1, 0.15) is 5.69 Å². The highest BCUT2D eigenvalue weighted by atomic mass is 16.2. The summed E-state index contributed by atoms with van der Waals surface area (Å²) < 4.78 is 1.92.